The van der Waals surface area contributed by atoms with E-state index in [9.17, 15) is 0 Å². The van der Waals surface area contributed by atoms with E-state index in [4.69, 9.17) is 5.73 Å². The Morgan fingerprint density at radius 3 is 2.33 bits per heavy atom. The summed E-state index contributed by atoms with van der Waals surface area (Å²) >= 11 is 0. The fraction of sp³-hybridized carbons (Fsp3) is 1.00. The summed E-state index contributed by atoms with van der Waals surface area (Å²) < 4.78 is 0. The molecule has 1 aliphatic heterocycles. The molecule has 0 spiro atoms. The van der Waals surface area contributed by atoms with Crippen molar-refractivity contribution < 1.29 is 0 Å². The topological polar surface area (TPSA) is 29.3 Å². The Hall–Kier alpha value is -0.0800. The van der Waals surface area contributed by atoms with Crippen molar-refractivity contribution in [3.8, 4) is 0 Å². The lowest BCUT2D eigenvalue weighted by Crippen LogP contribution is -2.39. The average molecular weight is 254 g/mol. The quantitative estimate of drug-likeness (QED) is 0.784. The van der Waals surface area contributed by atoms with Crippen LogP contribution < -0.4 is 5.73 Å². The number of nitrogens with two attached hydrogens (primary N) is 1. The van der Waals surface area contributed by atoms with Crippen molar-refractivity contribution in [2.45, 2.75) is 72.3 Å². The van der Waals surface area contributed by atoms with Crippen LogP contribution >= 0.6 is 0 Å². The lowest BCUT2D eigenvalue weighted by atomic mass is 9.76. The molecule has 0 amide bonds. The second kappa shape index (κ2) is 6.38. The Bertz CT molecular complexity index is 240. The van der Waals surface area contributed by atoms with Crippen LogP contribution in [-0.2, 0) is 0 Å². The van der Waals surface area contributed by atoms with Gasteiger partial charge in [0.25, 0.3) is 0 Å². The van der Waals surface area contributed by atoms with Crippen molar-refractivity contribution in [3.05, 3.63) is 0 Å². The molecule has 0 aromatic carbocycles. The predicted octanol–water partition coefficient (Wildman–Crippen LogP) is 3.65. The van der Waals surface area contributed by atoms with Crippen LogP contribution in [0.25, 0.3) is 0 Å². The smallest absolute Gasteiger partial charge is 0.0153 e. The lowest BCUT2D eigenvalue weighted by molar-refractivity contribution is 0.153. The van der Waals surface area contributed by atoms with Gasteiger partial charge in [0.05, 0.1) is 0 Å². The average Bonchev–Trinajstić information content (AvgIpc) is 2.55. The van der Waals surface area contributed by atoms with Crippen molar-refractivity contribution >= 4 is 0 Å². The number of likely N-dealkylation sites (tertiary alicyclic amines) is 1. The Kier molecular flexibility index (Phi) is 5.67. The van der Waals surface area contributed by atoms with E-state index in [0.29, 0.717) is 11.0 Å². The summed E-state index contributed by atoms with van der Waals surface area (Å²) in [6.07, 6.45) is 6.56. The van der Waals surface area contributed by atoms with Crippen molar-refractivity contribution in [1.29, 1.82) is 0 Å². The minimum absolute atomic E-state index is 0.403. The van der Waals surface area contributed by atoms with Gasteiger partial charge in [-0.15, -0.1) is 0 Å². The fourth-order valence-electron chi connectivity index (χ4n) is 3.32. The van der Waals surface area contributed by atoms with E-state index in [1.54, 1.807) is 0 Å². The zero-order valence-electron chi connectivity index (χ0n) is 13.3. The Morgan fingerprint density at radius 2 is 1.89 bits per heavy atom. The van der Waals surface area contributed by atoms with Crippen molar-refractivity contribution in [2.24, 2.45) is 17.1 Å². The zero-order chi connectivity index (χ0) is 13.8. The molecule has 0 saturated carbocycles. The summed E-state index contributed by atoms with van der Waals surface area (Å²) in [6.45, 7) is 15.2. The van der Waals surface area contributed by atoms with Gasteiger partial charge >= 0.3 is 0 Å². The van der Waals surface area contributed by atoms with E-state index < -0.39 is 0 Å². The van der Waals surface area contributed by atoms with E-state index in [0.717, 1.165) is 12.5 Å². The fourth-order valence-corrected chi connectivity index (χ4v) is 3.32. The Labute approximate surface area is 114 Å². The van der Waals surface area contributed by atoms with Gasteiger partial charge in [0, 0.05) is 5.54 Å². The highest BCUT2D eigenvalue weighted by Gasteiger charge is 2.31. The highest BCUT2D eigenvalue weighted by atomic mass is 15.2. The standard InChI is InChI=1S/C16H34N2/c1-15(2,3)14(9-11-17)8-6-12-18-13-7-10-16(18,4)5/h14H,6-13,17H2,1-5H3. The monoisotopic (exact) mass is 254 g/mol. The van der Waals surface area contributed by atoms with Crippen LogP contribution in [0.3, 0.4) is 0 Å². The van der Waals surface area contributed by atoms with Crippen LogP contribution in [-0.4, -0.2) is 30.1 Å². The number of rotatable bonds is 6. The van der Waals surface area contributed by atoms with Crippen LogP contribution in [0.5, 0.6) is 0 Å². The summed E-state index contributed by atoms with van der Waals surface area (Å²) in [7, 11) is 0. The Morgan fingerprint density at radius 1 is 1.22 bits per heavy atom. The minimum Gasteiger partial charge on any atom is -0.330 e. The van der Waals surface area contributed by atoms with Gasteiger partial charge < -0.3 is 5.73 Å². The van der Waals surface area contributed by atoms with Crippen LogP contribution in [0.1, 0.15) is 66.7 Å². The molecule has 1 heterocycles. The third kappa shape index (κ3) is 4.55. The second-order valence-corrected chi connectivity index (χ2v) is 7.69. The molecule has 1 fully saturated rings. The van der Waals surface area contributed by atoms with Gasteiger partial charge in [0.15, 0.2) is 0 Å². The molecule has 1 unspecified atom stereocenters. The minimum atomic E-state index is 0.403. The molecule has 108 valence electrons. The van der Waals surface area contributed by atoms with Gasteiger partial charge in [0.2, 0.25) is 0 Å². The van der Waals surface area contributed by atoms with Gasteiger partial charge in [-0.2, -0.15) is 0 Å². The first-order valence-corrected chi connectivity index (χ1v) is 7.72. The normalized spacial score (nSPS) is 22.3. The summed E-state index contributed by atoms with van der Waals surface area (Å²) in [6, 6.07) is 0. The summed E-state index contributed by atoms with van der Waals surface area (Å²) in [5.41, 5.74) is 6.59. The van der Waals surface area contributed by atoms with Crippen LogP contribution in [0, 0.1) is 11.3 Å². The Balaban J connectivity index is 2.35. The first-order valence-electron chi connectivity index (χ1n) is 7.72. The van der Waals surface area contributed by atoms with Crippen molar-refractivity contribution in [3.63, 3.8) is 0 Å². The molecule has 18 heavy (non-hydrogen) atoms. The largest absolute Gasteiger partial charge is 0.330 e. The maximum absolute atomic E-state index is 5.75. The van der Waals surface area contributed by atoms with Crippen molar-refractivity contribution in [1.82, 2.24) is 4.90 Å². The van der Waals surface area contributed by atoms with E-state index in [-0.39, 0.29) is 0 Å². The number of hydrogen-bond acceptors (Lipinski definition) is 2. The molecule has 0 bridgehead atoms. The van der Waals surface area contributed by atoms with E-state index >= 15 is 0 Å². The molecule has 0 aromatic rings. The van der Waals surface area contributed by atoms with Crippen molar-refractivity contribution in [2.75, 3.05) is 19.6 Å². The van der Waals surface area contributed by atoms with E-state index in [2.05, 4.69) is 39.5 Å². The molecule has 2 heteroatoms. The van der Waals surface area contributed by atoms with Crippen LogP contribution in [0.4, 0.5) is 0 Å². The zero-order valence-corrected chi connectivity index (χ0v) is 13.3. The summed E-state index contributed by atoms with van der Waals surface area (Å²) in [5.74, 6) is 0.771. The number of hydrogen-bond donors (Lipinski definition) is 1. The molecular weight excluding hydrogens is 220 g/mol. The van der Waals surface area contributed by atoms with Gasteiger partial charge in [-0.3, -0.25) is 4.90 Å². The summed E-state index contributed by atoms with van der Waals surface area (Å²) in [4.78, 5) is 2.68. The third-order valence-electron chi connectivity index (χ3n) is 4.79. The maximum Gasteiger partial charge on any atom is 0.0153 e. The first kappa shape index (κ1) is 16.0. The SMILES string of the molecule is CC(C)(C)C(CCN)CCCN1CCCC1(C)C. The van der Waals surface area contributed by atoms with Gasteiger partial charge in [-0.1, -0.05) is 20.8 Å². The highest BCUT2D eigenvalue weighted by Crippen LogP contribution is 2.33. The molecule has 1 atom stereocenters. The van der Waals surface area contributed by atoms with Gasteiger partial charge in [0.1, 0.15) is 0 Å². The molecule has 1 rings (SSSR count). The molecular formula is C16H34N2. The summed E-state index contributed by atoms with van der Waals surface area (Å²) in [5, 5.41) is 0. The number of nitrogens with zero attached hydrogens (tertiary/aromatic N) is 1. The van der Waals surface area contributed by atoms with Gasteiger partial charge in [-0.05, 0) is 76.9 Å². The lowest BCUT2D eigenvalue weighted by Gasteiger charge is -2.34. The highest BCUT2D eigenvalue weighted by molar-refractivity contribution is 4.87. The third-order valence-corrected chi connectivity index (χ3v) is 4.79. The van der Waals surface area contributed by atoms with Crippen LogP contribution in [0.2, 0.25) is 0 Å². The molecule has 2 N–H and O–H groups in total. The molecule has 0 aromatic heterocycles. The molecule has 1 saturated heterocycles. The molecule has 1 aliphatic rings. The molecule has 0 aliphatic carbocycles. The van der Waals surface area contributed by atoms with E-state index in [1.165, 1.54) is 45.2 Å². The first-order chi connectivity index (χ1) is 8.27. The molecule has 2 nitrogen and oxygen atoms in total. The van der Waals surface area contributed by atoms with Gasteiger partial charge in [-0.25, -0.2) is 0 Å². The molecule has 0 radical (unpaired) electrons. The predicted molar refractivity (Wildman–Crippen MR) is 80.7 cm³/mol. The van der Waals surface area contributed by atoms with Crippen LogP contribution in [0.15, 0.2) is 0 Å². The maximum atomic E-state index is 5.75. The van der Waals surface area contributed by atoms with E-state index in [1.807, 2.05) is 0 Å². The second-order valence-electron chi connectivity index (χ2n) is 7.69.